The zero-order valence-corrected chi connectivity index (χ0v) is 28.7. The van der Waals surface area contributed by atoms with Crippen LogP contribution in [0, 0.1) is 0 Å². The standard InChI is InChI=1S/C30H56N10O9/c1-18(36-20(3)41)26(44)40-22(11-5-8-14-32)28(46)35-16-24(42)38-21(10-4-7-13-31)27(45)34-17-25(43)39-23(12-6-9-15-33)29(47)37-19(2)30(48)49/h18-19,21-23H,4-17,31-33H2,1-3H3,(H,34,45)(H,35,46)(H,36,41)(H,37,47)(H,38,42)(H,39,43)(H,40,44)(H,48,49)/t18-,19-,21-,22-,23-/m0/s1. The number of carbonyl (C=O) groups excluding carboxylic acids is 7. The Morgan fingerprint density at radius 2 is 0.898 bits per heavy atom. The molecule has 0 aliphatic carbocycles. The molecule has 0 aliphatic rings. The van der Waals surface area contributed by atoms with E-state index in [-0.39, 0.29) is 19.3 Å². The molecule has 19 nitrogen and oxygen atoms in total. The van der Waals surface area contributed by atoms with Gasteiger partial charge in [0.2, 0.25) is 41.4 Å². The number of nitrogens with one attached hydrogen (secondary N) is 7. The Morgan fingerprint density at radius 3 is 1.27 bits per heavy atom. The van der Waals surface area contributed by atoms with Crippen LogP contribution in [0.5, 0.6) is 0 Å². The normalized spacial score (nSPS) is 13.8. The Morgan fingerprint density at radius 1 is 0.510 bits per heavy atom. The highest BCUT2D eigenvalue weighted by molar-refractivity contribution is 5.95. The van der Waals surface area contributed by atoms with Crippen LogP contribution in [0.4, 0.5) is 0 Å². The predicted octanol–water partition coefficient (Wildman–Crippen LogP) is -3.83. The maximum absolute atomic E-state index is 13.0. The summed E-state index contributed by atoms with van der Waals surface area (Å²) in [6.45, 7) is 3.98. The van der Waals surface area contributed by atoms with Gasteiger partial charge >= 0.3 is 5.97 Å². The quantitative estimate of drug-likeness (QED) is 0.0387. The molecule has 0 fully saturated rings. The second-order valence-corrected chi connectivity index (χ2v) is 11.6. The number of unbranched alkanes of at least 4 members (excludes halogenated alkanes) is 3. The van der Waals surface area contributed by atoms with Crippen LogP contribution in [0.15, 0.2) is 0 Å². The highest BCUT2D eigenvalue weighted by atomic mass is 16.4. The maximum atomic E-state index is 13.0. The summed E-state index contributed by atoms with van der Waals surface area (Å²) in [6.07, 6.45) is 3.72. The summed E-state index contributed by atoms with van der Waals surface area (Å²) in [4.78, 5) is 98.9. The van der Waals surface area contributed by atoms with Gasteiger partial charge in [-0.15, -0.1) is 0 Å². The van der Waals surface area contributed by atoms with E-state index in [1.807, 2.05) is 0 Å². The smallest absolute Gasteiger partial charge is 0.325 e. The first-order chi connectivity index (χ1) is 23.2. The fraction of sp³-hybridized carbons (Fsp3) is 0.733. The molecule has 280 valence electrons. The molecule has 49 heavy (non-hydrogen) atoms. The molecule has 0 aliphatic heterocycles. The average molecular weight is 701 g/mol. The van der Waals surface area contributed by atoms with Gasteiger partial charge in [0.05, 0.1) is 13.1 Å². The Kier molecular flexibility index (Phi) is 23.3. The van der Waals surface area contributed by atoms with Gasteiger partial charge in [0.1, 0.15) is 30.2 Å². The molecular formula is C30H56N10O9. The molecule has 14 N–H and O–H groups in total. The molecule has 0 bridgehead atoms. The highest BCUT2D eigenvalue weighted by Crippen LogP contribution is 2.04. The lowest BCUT2D eigenvalue weighted by molar-refractivity contribution is -0.141. The molecule has 7 amide bonds. The van der Waals surface area contributed by atoms with Crippen molar-refractivity contribution < 1.29 is 43.5 Å². The minimum Gasteiger partial charge on any atom is -0.480 e. The van der Waals surface area contributed by atoms with Gasteiger partial charge in [0.15, 0.2) is 0 Å². The van der Waals surface area contributed by atoms with E-state index in [1.54, 1.807) is 0 Å². The lowest BCUT2D eigenvalue weighted by Gasteiger charge is -2.22. The van der Waals surface area contributed by atoms with Crippen molar-refractivity contribution in [3.63, 3.8) is 0 Å². The van der Waals surface area contributed by atoms with Gasteiger partial charge in [0.25, 0.3) is 0 Å². The lowest BCUT2D eigenvalue weighted by atomic mass is 10.1. The van der Waals surface area contributed by atoms with Crippen molar-refractivity contribution in [2.24, 2.45) is 17.2 Å². The number of carbonyl (C=O) groups is 8. The molecule has 0 heterocycles. The van der Waals surface area contributed by atoms with E-state index in [0.29, 0.717) is 58.2 Å². The summed E-state index contributed by atoms with van der Waals surface area (Å²) in [5.41, 5.74) is 16.6. The minimum atomic E-state index is -1.25. The largest absolute Gasteiger partial charge is 0.480 e. The van der Waals surface area contributed by atoms with Gasteiger partial charge in [-0.2, -0.15) is 0 Å². The van der Waals surface area contributed by atoms with Crippen molar-refractivity contribution in [1.29, 1.82) is 0 Å². The topological polar surface area (TPSA) is 319 Å². The van der Waals surface area contributed by atoms with Crippen LogP contribution in [0.3, 0.4) is 0 Å². The van der Waals surface area contributed by atoms with Crippen LogP contribution in [0.25, 0.3) is 0 Å². The zero-order valence-electron chi connectivity index (χ0n) is 28.7. The number of hydrogen-bond donors (Lipinski definition) is 11. The van der Waals surface area contributed by atoms with E-state index >= 15 is 0 Å². The Balaban J connectivity index is 5.36. The molecule has 0 aromatic heterocycles. The fourth-order valence-electron chi connectivity index (χ4n) is 4.40. The number of hydrogen-bond acceptors (Lipinski definition) is 11. The monoisotopic (exact) mass is 700 g/mol. The van der Waals surface area contributed by atoms with Crippen LogP contribution in [-0.2, 0) is 38.4 Å². The predicted molar refractivity (Wildman–Crippen MR) is 179 cm³/mol. The van der Waals surface area contributed by atoms with Gasteiger partial charge in [-0.1, -0.05) is 0 Å². The SMILES string of the molecule is CC(=O)N[C@@H](C)C(=O)N[C@@H](CCCCN)C(=O)NCC(=O)N[C@@H](CCCCN)C(=O)NCC(=O)N[C@@H](CCCCN)C(=O)N[C@@H](C)C(=O)O. The molecule has 0 saturated carbocycles. The first-order valence-electron chi connectivity index (χ1n) is 16.5. The number of rotatable bonds is 26. The fourth-order valence-corrected chi connectivity index (χ4v) is 4.40. The number of nitrogens with two attached hydrogens (primary N) is 3. The second kappa shape index (κ2) is 25.6. The maximum Gasteiger partial charge on any atom is 0.325 e. The molecule has 19 heteroatoms. The molecule has 0 aromatic rings. The van der Waals surface area contributed by atoms with E-state index < -0.39 is 90.6 Å². The van der Waals surface area contributed by atoms with Crippen LogP contribution in [0.1, 0.15) is 78.6 Å². The summed E-state index contributed by atoms with van der Waals surface area (Å²) in [6, 6.07) is -5.27. The molecule has 0 aromatic carbocycles. The molecule has 0 radical (unpaired) electrons. The van der Waals surface area contributed by atoms with Gasteiger partial charge < -0.3 is 59.5 Å². The number of aliphatic carboxylic acids is 1. The van der Waals surface area contributed by atoms with Crippen molar-refractivity contribution >= 4 is 47.3 Å². The Bertz CT molecular complexity index is 1110. The number of carboxylic acid groups (broad SMARTS) is 1. The molecule has 0 rings (SSSR count). The van der Waals surface area contributed by atoms with E-state index in [1.165, 1.54) is 20.8 Å². The molecule has 5 atom stereocenters. The molecular weight excluding hydrogens is 644 g/mol. The Hall–Kier alpha value is -4.36. The summed E-state index contributed by atoms with van der Waals surface area (Å²) >= 11 is 0. The second-order valence-electron chi connectivity index (χ2n) is 11.6. The van der Waals surface area contributed by atoms with Gasteiger partial charge in [-0.25, -0.2) is 0 Å². The number of amides is 7. The minimum absolute atomic E-state index is 0.167. The third kappa shape index (κ3) is 20.6. The lowest BCUT2D eigenvalue weighted by Crippen LogP contribution is -2.55. The van der Waals surface area contributed by atoms with E-state index in [2.05, 4.69) is 37.2 Å². The third-order valence-electron chi connectivity index (χ3n) is 7.17. The van der Waals surface area contributed by atoms with Gasteiger partial charge in [-0.05, 0) is 91.3 Å². The van der Waals surface area contributed by atoms with Crippen LogP contribution in [0.2, 0.25) is 0 Å². The first-order valence-corrected chi connectivity index (χ1v) is 16.5. The van der Waals surface area contributed by atoms with E-state index in [4.69, 9.17) is 22.3 Å². The van der Waals surface area contributed by atoms with Gasteiger partial charge in [-0.3, -0.25) is 38.4 Å². The molecule has 0 spiro atoms. The van der Waals surface area contributed by atoms with E-state index in [9.17, 15) is 38.4 Å². The van der Waals surface area contributed by atoms with Crippen molar-refractivity contribution in [3.05, 3.63) is 0 Å². The van der Waals surface area contributed by atoms with Crippen LogP contribution < -0.4 is 54.4 Å². The summed E-state index contributed by atoms with van der Waals surface area (Å²) in [5, 5.41) is 26.3. The molecule has 0 unspecified atom stereocenters. The van der Waals surface area contributed by atoms with Crippen molar-refractivity contribution in [2.45, 2.75) is 109 Å². The summed E-state index contributed by atoms with van der Waals surface area (Å²) in [5.74, 6) is -5.76. The summed E-state index contributed by atoms with van der Waals surface area (Å²) < 4.78 is 0. The first kappa shape index (κ1) is 44.6. The number of carboxylic acids is 1. The highest BCUT2D eigenvalue weighted by Gasteiger charge is 2.27. The average Bonchev–Trinajstić information content (AvgIpc) is 3.04. The molecule has 0 saturated heterocycles. The van der Waals surface area contributed by atoms with Crippen LogP contribution >= 0.6 is 0 Å². The zero-order chi connectivity index (χ0) is 37.4. The van der Waals surface area contributed by atoms with Crippen LogP contribution in [-0.4, -0.2) is 115 Å². The Labute approximate surface area is 286 Å². The van der Waals surface area contributed by atoms with Crippen molar-refractivity contribution in [1.82, 2.24) is 37.2 Å². The van der Waals surface area contributed by atoms with E-state index in [0.717, 1.165) is 0 Å². The third-order valence-corrected chi connectivity index (χ3v) is 7.17. The van der Waals surface area contributed by atoms with Gasteiger partial charge in [0, 0.05) is 6.92 Å². The summed E-state index contributed by atoms with van der Waals surface area (Å²) in [7, 11) is 0. The van der Waals surface area contributed by atoms with Crippen molar-refractivity contribution in [2.75, 3.05) is 32.7 Å². The van der Waals surface area contributed by atoms with Crippen molar-refractivity contribution in [3.8, 4) is 0 Å².